The minimum absolute atomic E-state index is 0.0213. The SMILES string of the molecule is N#CCCCCS(=O)(=O)Cc1coc(-c2ccc(F)cc2)n1. The van der Waals surface area contributed by atoms with E-state index < -0.39 is 9.84 Å². The molecule has 116 valence electrons. The van der Waals surface area contributed by atoms with Gasteiger partial charge in [-0.15, -0.1) is 0 Å². The van der Waals surface area contributed by atoms with Crippen LogP contribution in [0.2, 0.25) is 0 Å². The van der Waals surface area contributed by atoms with E-state index in [1.54, 1.807) is 0 Å². The van der Waals surface area contributed by atoms with Gasteiger partial charge in [0.05, 0.1) is 23.3 Å². The van der Waals surface area contributed by atoms with Crippen molar-refractivity contribution in [2.45, 2.75) is 25.0 Å². The van der Waals surface area contributed by atoms with Gasteiger partial charge in [-0.3, -0.25) is 0 Å². The van der Waals surface area contributed by atoms with Crippen molar-refractivity contribution in [3.8, 4) is 17.5 Å². The number of benzene rings is 1. The van der Waals surface area contributed by atoms with Gasteiger partial charge in [0.25, 0.3) is 0 Å². The van der Waals surface area contributed by atoms with Crippen LogP contribution in [0, 0.1) is 17.1 Å². The first-order valence-corrected chi connectivity index (χ1v) is 8.60. The van der Waals surface area contributed by atoms with E-state index in [0.717, 1.165) is 0 Å². The maximum atomic E-state index is 12.9. The molecule has 0 radical (unpaired) electrons. The monoisotopic (exact) mass is 322 g/mol. The van der Waals surface area contributed by atoms with Crippen molar-refractivity contribution in [2.24, 2.45) is 0 Å². The molecule has 2 aromatic rings. The van der Waals surface area contributed by atoms with Crippen molar-refractivity contribution >= 4 is 9.84 Å². The number of sulfone groups is 1. The summed E-state index contributed by atoms with van der Waals surface area (Å²) in [5.41, 5.74) is 0.902. The second kappa shape index (κ2) is 7.18. The van der Waals surface area contributed by atoms with Crippen LogP contribution in [0.15, 0.2) is 34.9 Å². The third kappa shape index (κ3) is 4.67. The predicted octanol–water partition coefficient (Wildman–Crippen LogP) is 3.09. The molecule has 2 rings (SSSR count). The van der Waals surface area contributed by atoms with Crippen molar-refractivity contribution in [1.82, 2.24) is 4.98 Å². The molecular formula is C15H15FN2O3S. The maximum absolute atomic E-state index is 12.9. The van der Waals surface area contributed by atoms with Crippen LogP contribution in [0.4, 0.5) is 4.39 Å². The number of nitriles is 1. The van der Waals surface area contributed by atoms with E-state index in [1.165, 1.54) is 30.5 Å². The fourth-order valence-corrected chi connectivity index (χ4v) is 3.29. The van der Waals surface area contributed by atoms with E-state index in [1.807, 2.05) is 6.07 Å². The number of aromatic nitrogens is 1. The fourth-order valence-electron chi connectivity index (χ4n) is 1.92. The number of hydrogen-bond donors (Lipinski definition) is 0. The van der Waals surface area contributed by atoms with Gasteiger partial charge in [-0.1, -0.05) is 0 Å². The van der Waals surface area contributed by atoms with Crippen LogP contribution in [0.1, 0.15) is 25.0 Å². The Kier molecular flexibility index (Phi) is 5.28. The zero-order valence-corrected chi connectivity index (χ0v) is 12.6. The van der Waals surface area contributed by atoms with Crippen molar-refractivity contribution in [1.29, 1.82) is 5.26 Å². The first-order valence-electron chi connectivity index (χ1n) is 6.78. The van der Waals surface area contributed by atoms with Crippen LogP contribution in [-0.4, -0.2) is 19.2 Å². The standard InChI is InChI=1S/C15H15FN2O3S/c16-13-6-4-12(5-7-13)15-18-14(10-21-15)11-22(19,20)9-3-1-2-8-17/h4-7,10H,1-3,9,11H2. The van der Waals surface area contributed by atoms with Crippen LogP contribution in [0.3, 0.4) is 0 Å². The summed E-state index contributed by atoms with van der Waals surface area (Å²) in [4.78, 5) is 4.12. The average molecular weight is 322 g/mol. The molecule has 1 heterocycles. The molecule has 0 saturated carbocycles. The summed E-state index contributed by atoms with van der Waals surface area (Å²) in [6, 6.07) is 7.58. The topological polar surface area (TPSA) is 84.0 Å². The Morgan fingerprint density at radius 3 is 2.64 bits per heavy atom. The highest BCUT2D eigenvalue weighted by Gasteiger charge is 2.15. The Labute approximate surface area is 128 Å². The molecule has 0 saturated heterocycles. The highest BCUT2D eigenvalue weighted by Crippen LogP contribution is 2.20. The molecule has 1 aromatic heterocycles. The molecule has 0 aliphatic rings. The summed E-state index contributed by atoms with van der Waals surface area (Å²) in [6.45, 7) is 0. The molecule has 22 heavy (non-hydrogen) atoms. The van der Waals surface area contributed by atoms with Crippen molar-refractivity contribution in [2.75, 3.05) is 5.75 Å². The lowest BCUT2D eigenvalue weighted by molar-refractivity contribution is 0.571. The minimum Gasteiger partial charge on any atom is -0.444 e. The average Bonchev–Trinajstić information content (AvgIpc) is 2.92. The third-order valence-electron chi connectivity index (χ3n) is 3.00. The summed E-state index contributed by atoms with van der Waals surface area (Å²) in [6.07, 6.45) is 2.67. The molecular weight excluding hydrogens is 307 g/mol. The largest absolute Gasteiger partial charge is 0.444 e. The fraction of sp³-hybridized carbons (Fsp3) is 0.333. The summed E-state index contributed by atoms with van der Waals surface area (Å²) in [5.74, 6) is -0.289. The zero-order chi connectivity index (χ0) is 16.0. The second-order valence-corrected chi connectivity index (χ2v) is 7.04. The maximum Gasteiger partial charge on any atom is 0.226 e. The highest BCUT2D eigenvalue weighted by atomic mass is 32.2. The Balaban J connectivity index is 1.99. The predicted molar refractivity (Wildman–Crippen MR) is 78.9 cm³/mol. The zero-order valence-electron chi connectivity index (χ0n) is 11.8. The van der Waals surface area contributed by atoms with Gasteiger partial charge in [0.2, 0.25) is 5.89 Å². The van der Waals surface area contributed by atoms with Gasteiger partial charge in [0.1, 0.15) is 12.1 Å². The lowest BCUT2D eigenvalue weighted by atomic mass is 10.2. The molecule has 0 fully saturated rings. The van der Waals surface area contributed by atoms with Gasteiger partial charge < -0.3 is 4.42 Å². The molecule has 0 bridgehead atoms. The molecule has 0 aliphatic heterocycles. The molecule has 5 nitrogen and oxygen atoms in total. The summed E-state index contributed by atoms with van der Waals surface area (Å²) >= 11 is 0. The van der Waals surface area contributed by atoms with Gasteiger partial charge in [0, 0.05) is 12.0 Å². The van der Waals surface area contributed by atoms with E-state index in [2.05, 4.69) is 4.98 Å². The van der Waals surface area contributed by atoms with Gasteiger partial charge >= 0.3 is 0 Å². The lowest BCUT2D eigenvalue weighted by Crippen LogP contribution is -2.09. The molecule has 1 aromatic carbocycles. The Morgan fingerprint density at radius 1 is 1.23 bits per heavy atom. The van der Waals surface area contributed by atoms with Gasteiger partial charge in [-0.2, -0.15) is 5.26 Å². The van der Waals surface area contributed by atoms with Crippen molar-refractivity contribution < 1.29 is 17.2 Å². The second-order valence-electron chi connectivity index (χ2n) is 4.86. The van der Waals surface area contributed by atoms with Crippen LogP contribution in [0.5, 0.6) is 0 Å². The number of hydrogen-bond acceptors (Lipinski definition) is 5. The van der Waals surface area contributed by atoms with E-state index >= 15 is 0 Å². The Morgan fingerprint density at radius 2 is 1.95 bits per heavy atom. The van der Waals surface area contributed by atoms with E-state index in [0.29, 0.717) is 30.5 Å². The Bertz CT molecular complexity index is 761. The van der Waals surface area contributed by atoms with Crippen molar-refractivity contribution in [3.63, 3.8) is 0 Å². The number of nitrogens with zero attached hydrogens (tertiary/aromatic N) is 2. The highest BCUT2D eigenvalue weighted by molar-refractivity contribution is 7.90. The van der Waals surface area contributed by atoms with Crippen LogP contribution in [0.25, 0.3) is 11.5 Å². The molecule has 0 aliphatic carbocycles. The number of halogens is 1. The van der Waals surface area contributed by atoms with Crippen LogP contribution in [-0.2, 0) is 15.6 Å². The first kappa shape index (κ1) is 16.2. The molecule has 0 unspecified atom stereocenters. The minimum atomic E-state index is -3.28. The Hall–Kier alpha value is -2.20. The third-order valence-corrected chi connectivity index (χ3v) is 4.65. The smallest absolute Gasteiger partial charge is 0.226 e. The van der Waals surface area contributed by atoms with Gasteiger partial charge in [-0.25, -0.2) is 17.8 Å². The molecule has 7 heteroatoms. The summed E-state index contributed by atoms with van der Waals surface area (Å²) in [7, 11) is -3.28. The van der Waals surface area contributed by atoms with E-state index in [-0.39, 0.29) is 23.2 Å². The molecule has 0 atom stereocenters. The van der Waals surface area contributed by atoms with Crippen LogP contribution < -0.4 is 0 Å². The molecule has 0 N–H and O–H groups in total. The van der Waals surface area contributed by atoms with Crippen molar-refractivity contribution in [3.05, 3.63) is 42.0 Å². The number of unbranched alkanes of at least 4 members (excludes halogenated alkanes) is 2. The number of oxazole rings is 1. The first-order chi connectivity index (χ1) is 10.5. The lowest BCUT2D eigenvalue weighted by Gasteiger charge is -2.00. The summed E-state index contributed by atoms with van der Waals surface area (Å²) < 4.78 is 42.0. The normalized spacial score (nSPS) is 11.3. The van der Waals surface area contributed by atoms with E-state index in [9.17, 15) is 12.8 Å². The van der Waals surface area contributed by atoms with Gasteiger partial charge in [-0.05, 0) is 37.1 Å². The van der Waals surface area contributed by atoms with E-state index in [4.69, 9.17) is 9.68 Å². The number of rotatable bonds is 7. The summed E-state index contributed by atoms with van der Waals surface area (Å²) in [5, 5.41) is 8.41. The molecule has 0 spiro atoms. The molecule has 0 amide bonds. The quantitative estimate of drug-likeness (QED) is 0.731. The van der Waals surface area contributed by atoms with Crippen LogP contribution >= 0.6 is 0 Å². The van der Waals surface area contributed by atoms with Gasteiger partial charge in [0.15, 0.2) is 9.84 Å².